The number of thiazole rings is 1. The van der Waals surface area contributed by atoms with Gasteiger partial charge in [-0.05, 0) is 0 Å². The van der Waals surface area contributed by atoms with Crippen molar-refractivity contribution in [3.63, 3.8) is 0 Å². The molecule has 4 nitrogen and oxygen atoms in total. The minimum atomic E-state index is -0.299. The second-order valence-electron chi connectivity index (χ2n) is 5.00. The van der Waals surface area contributed by atoms with Gasteiger partial charge in [-0.25, -0.2) is 4.98 Å². The van der Waals surface area contributed by atoms with E-state index < -0.39 is 0 Å². The number of nitrogens with zero attached hydrogens (tertiary/aromatic N) is 2. The molecule has 0 saturated carbocycles. The zero-order valence-corrected chi connectivity index (χ0v) is 10.6. The standard InChI is InChI=1S/C11H16N2O2S/c1-11(2,3)9(14)13-6-8(7-13)15-10-12-4-5-16-10/h4-5,8H,6-7H2,1-3H3. The first-order valence-electron chi connectivity index (χ1n) is 5.32. The SMILES string of the molecule is CC(C)(C)C(=O)N1CC(Oc2nccs2)C1. The van der Waals surface area contributed by atoms with Crippen molar-refractivity contribution in [3.05, 3.63) is 11.6 Å². The minimum absolute atomic E-state index is 0.109. The normalized spacial score (nSPS) is 17.1. The van der Waals surface area contributed by atoms with Crippen LogP contribution < -0.4 is 4.74 Å². The van der Waals surface area contributed by atoms with E-state index >= 15 is 0 Å². The summed E-state index contributed by atoms with van der Waals surface area (Å²) in [6.45, 7) is 7.16. The lowest BCUT2D eigenvalue weighted by Crippen LogP contribution is -2.58. The number of amides is 1. The molecule has 1 aliphatic heterocycles. The molecule has 0 N–H and O–H groups in total. The number of carbonyl (C=O) groups is 1. The van der Waals surface area contributed by atoms with Crippen LogP contribution in [0.4, 0.5) is 0 Å². The molecule has 0 radical (unpaired) electrons. The van der Waals surface area contributed by atoms with Gasteiger partial charge in [-0.2, -0.15) is 0 Å². The molecule has 2 rings (SSSR count). The number of ether oxygens (including phenoxy) is 1. The molecule has 1 amide bonds. The van der Waals surface area contributed by atoms with Crippen LogP contribution in [0.5, 0.6) is 5.19 Å². The Balaban J connectivity index is 1.80. The first-order valence-corrected chi connectivity index (χ1v) is 6.20. The summed E-state index contributed by atoms with van der Waals surface area (Å²) in [5, 5.41) is 2.57. The van der Waals surface area contributed by atoms with E-state index in [0.717, 1.165) is 0 Å². The third-order valence-corrected chi connectivity index (χ3v) is 3.12. The zero-order valence-electron chi connectivity index (χ0n) is 9.77. The Morgan fingerprint density at radius 2 is 2.25 bits per heavy atom. The fourth-order valence-electron chi connectivity index (χ4n) is 1.56. The fraction of sp³-hybridized carbons (Fsp3) is 0.636. The zero-order chi connectivity index (χ0) is 11.8. The highest BCUT2D eigenvalue weighted by atomic mass is 32.1. The largest absolute Gasteiger partial charge is 0.463 e. The molecule has 16 heavy (non-hydrogen) atoms. The van der Waals surface area contributed by atoms with Crippen molar-refractivity contribution in [2.75, 3.05) is 13.1 Å². The maximum atomic E-state index is 11.9. The van der Waals surface area contributed by atoms with Crippen molar-refractivity contribution >= 4 is 17.2 Å². The second-order valence-corrected chi connectivity index (χ2v) is 5.86. The van der Waals surface area contributed by atoms with E-state index in [9.17, 15) is 4.79 Å². The minimum Gasteiger partial charge on any atom is -0.463 e. The number of likely N-dealkylation sites (tertiary alicyclic amines) is 1. The Kier molecular flexibility index (Phi) is 2.88. The number of aromatic nitrogens is 1. The summed E-state index contributed by atoms with van der Waals surface area (Å²) in [4.78, 5) is 17.7. The molecule has 1 aromatic rings. The highest BCUT2D eigenvalue weighted by Gasteiger charge is 2.37. The van der Waals surface area contributed by atoms with E-state index in [4.69, 9.17) is 4.74 Å². The maximum absolute atomic E-state index is 11.9. The van der Waals surface area contributed by atoms with Crippen LogP contribution in [0.1, 0.15) is 20.8 Å². The molecule has 1 fully saturated rings. The summed E-state index contributed by atoms with van der Waals surface area (Å²) in [7, 11) is 0. The molecule has 1 saturated heterocycles. The molecule has 1 aliphatic rings. The summed E-state index contributed by atoms with van der Waals surface area (Å²) in [6.07, 6.45) is 1.83. The molecule has 0 aromatic carbocycles. The summed E-state index contributed by atoms with van der Waals surface area (Å²) < 4.78 is 5.60. The number of rotatable bonds is 2. The molecular formula is C11H16N2O2S. The monoisotopic (exact) mass is 240 g/mol. The Morgan fingerprint density at radius 3 is 2.75 bits per heavy atom. The fourth-order valence-corrected chi connectivity index (χ4v) is 2.12. The maximum Gasteiger partial charge on any atom is 0.273 e. The lowest BCUT2D eigenvalue weighted by atomic mass is 9.93. The van der Waals surface area contributed by atoms with E-state index in [2.05, 4.69) is 4.98 Å². The van der Waals surface area contributed by atoms with Gasteiger partial charge in [-0.3, -0.25) is 4.79 Å². The highest BCUT2D eigenvalue weighted by molar-refractivity contribution is 7.11. The number of hydrogen-bond acceptors (Lipinski definition) is 4. The predicted octanol–water partition coefficient (Wildman–Crippen LogP) is 1.78. The molecular weight excluding hydrogens is 224 g/mol. The molecule has 0 atom stereocenters. The number of carbonyl (C=O) groups excluding carboxylic acids is 1. The summed E-state index contributed by atoms with van der Waals surface area (Å²) in [5.74, 6) is 0.187. The molecule has 0 spiro atoms. The van der Waals surface area contributed by atoms with Crippen LogP contribution >= 0.6 is 11.3 Å². The summed E-state index contributed by atoms with van der Waals surface area (Å²) >= 11 is 1.48. The highest BCUT2D eigenvalue weighted by Crippen LogP contribution is 2.24. The van der Waals surface area contributed by atoms with Crippen LogP contribution in [0.3, 0.4) is 0 Å². The van der Waals surface area contributed by atoms with E-state index in [1.807, 2.05) is 31.1 Å². The van der Waals surface area contributed by atoms with Crippen molar-refractivity contribution < 1.29 is 9.53 Å². The van der Waals surface area contributed by atoms with Gasteiger partial charge in [0, 0.05) is 17.0 Å². The smallest absolute Gasteiger partial charge is 0.273 e. The van der Waals surface area contributed by atoms with Crippen LogP contribution in [-0.4, -0.2) is 35.0 Å². The predicted molar refractivity (Wildman–Crippen MR) is 62.6 cm³/mol. The summed E-state index contributed by atoms with van der Waals surface area (Å²) in [5.41, 5.74) is -0.299. The van der Waals surface area contributed by atoms with Crippen LogP contribution in [-0.2, 0) is 4.79 Å². The molecule has 88 valence electrons. The van der Waals surface area contributed by atoms with Gasteiger partial charge in [0.25, 0.3) is 5.19 Å². The van der Waals surface area contributed by atoms with Crippen molar-refractivity contribution in [3.8, 4) is 5.19 Å². The Labute approximate surface area is 99.2 Å². The Morgan fingerprint density at radius 1 is 1.56 bits per heavy atom. The van der Waals surface area contributed by atoms with Gasteiger partial charge < -0.3 is 9.64 Å². The lowest BCUT2D eigenvalue weighted by molar-refractivity contribution is -0.148. The van der Waals surface area contributed by atoms with Gasteiger partial charge in [0.1, 0.15) is 6.10 Å². The molecule has 1 aromatic heterocycles. The van der Waals surface area contributed by atoms with Gasteiger partial charge in [-0.1, -0.05) is 32.1 Å². The van der Waals surface area contributed by atoms with Crippen LogP contribution in [0.25, 0.3) is 0 Å². The van der Waals surface area contributed by atoms with Crippen LogP contribution in [0.2, 0.25) is 0 Å². The van der Waals surface area contributed by atoms with E-state index in [-0.39, 0.29) is 17.4 Å². The Bertz CT molecular complexity index is 364. The van der Waals surface area contributed by atoms with Gasteiger partial charge in [0.15, 0.2) is 0 Å². The van der Waals surface area contributed by atoms with Gasteiger partial charge in [-0.15, -0.1) is 0 Å². The third kappa shape index (κ3) is 2.35. The van der Waals surface area contributed by atoms with Crippen molar-refractivity contribution in [2.45, 2.75) is 26.9 Å². The quantitative estimate of drug-likeness (QED) is 0.791. The topological polar surface area (TPSA) is 42.4 Å². The first kappa shape index (κ1) is 11.4. The average molecular weight is 240 g/mol. The van der Waals surface area contributed by atoms with E-state index in [1.54, 1.807) is 6.20 Å². The van der Waals surface area contributed by atoms with Crippen LogP contribution in [0, 0.1) is 5.41 Å². The van der Waals surface area contributed by atoms with Gasteiger partial charge in [0.2, 0.25) is 5.91 Å². The first-order chi connectivity index (χ1) is 7.47. The molecule has 0 unspecified atom stereocenters. The molecule has 2 heterocycles. The van der Waals surface area contributed by atoms with Gasteiger partial charge >= 0.3 is 0 Å². The molecule has 0 aliphatic carbocycles. The molecule has 0 bridgehead atoms. The second kappa shape index (κ2) is 4.05. The van der Waals surface area contributed by atoms with Crippen molar-refractivity contribution in [1.29, 1.82) is 0 Å². The number of hydrogen-bond donors (Lipinski definition) is 0. The summed E-state index contributed by atoms with van der Waals surface area (Å²) in [6, 6.07) is 0. The van der Waals surface area contributed by atoms with E-state index in [1.165, 1.54) is 11.3 Å². The lowest BCUT2D eigenvalue weighted by Gasteiger charge is -2.41. The van der Waals surface area contributed by atoms with E-state index in [0.29, 0.717) is 18.3 Å². The third-order valence-electron chi connectivity index (χ3n) is 2.45. The average Bonchev–Trinajstić information content (AvgIpc) is 2.60. The van der Waals surface area contributed by atoms with Crippen LogP contribution in [0.15, 0.2) is 11.6 Å². The Hall–Kier alpha value is -1.10. The van der Waals surface area contributed by atoms with Crippen molar-refractivity contribution in [1.82, 2.24) is 9.88 Å². The van der Waals surface area contributed by atoms with Gasteiger partial charge in [0.05, 0.1) is 13.1 Å². The molecule has 5 heteroatoms. The van der Waals surface area contributed by atoms with Crippen molar-refractivity contribution in [2.24, 2.45) is 5.41 Å².